The molecule has 3 N–H and O–H groups in total. The van der Waals surface area contributed by atoms with Crippen molar-refractivity contribution in [2.24, 2.45) is 0 Å². The molecule has 8 nitrogen and oxygen atoms in total. The summed E-state index contributed by atoms with van der Waals surface area (Å²) in [7, 11) is 0. The molecule has 118 valence electrons. The van der Waals surface area contributed by atoms with Crippen LogP contribution in [0.5, 0.6) is 0 Å². The van der Waals surface area contributed by atoms with Crippen LogP contribution in [0.2, 0.25) is 0 Å². The Morgan fingerprint density at radius 2 is 2.32 bits per heavy atom. The van der Waals surface area contributed by atoms with Gasteiger partial charge in [0.15, 0.2) is 5.65 Å². The van der Waals surface area contributed by atoms with E-state index in [2.05, 4.69) is 15.4 Å². The van der Waals surface area contributed by atoms with Crippen molar-refractivity contribution in [3.05, 3.63) is 29.7 Å². The van der Waals surface area contributed by atoms with Crippen LogP contribution in [0.4, 0.5) is 0 Å². The number of aliphatic hydroxyl groups is 2. The van der Waals surface area contributed by atoms with Crippen LogP contribution >= 0.6 is 0 Å². The minimum atomic E-state index is -0.572. The van der Waals surface area contributed by atoms with Crippen molar-refractivity contribution in [3.8, 4) is 0 Å². The van der Waals surface area contributed by atoms with Gasteiger partial charge in [0.25, 0.3) is 5.91 Å². The molecule has 0 bridgehead atoms. The van der Waals surface area contributed by atoms with Gasteiger partial charge in [-0.3, -0.25) is 4.79 Å². The van der Waals surface area contributed by atoms with Crippen LogP contribution in [0.25, 0.3) is 5.65 Å². The van der Waals surface area contributed by atoms with E-state index in [4.69, 9.17) is 5.11 Å². The second kappa shape index (κ2) is 6.39. The van der Waals surface area contributed by atoms with Gasteiger partial charge < -0.3 is 20.4 Å². The number of nitrogens with one attached hydrogen (secondary N) is 1. The quantitative estimate of drug-likeness (QED) is 0.649. The summed E-state index contributed by atoms with van der Waals surface area (Å²) in [6.45, 7) is 2.01. The summed E-state index contributed by atoms with van der Waals surface area (Å²) in [5.74, 6) is -0.180. The Kier molecular flexibility index (Phi) is 4.32. The smallest absolute Gasteiger partial charge is 0.259 e. The standard InChI is InChI=1S/C14H19N5O3/c20-4-1-10-5-16-13-12(7-17-19(13)8-10)14(22)18-3-2-15-6-11(21)9-18/h5,7-8,11,15,20-21H,1-4,6,9H2/t11-/m1/s1. The van der Waals surface area contributed by atoms with E-state index in [1.54, 1.807) is 21.8 Å². The van der Waals surface area contributed by atoms with E-state index in [9.17, 15) is 9.90 Å². The third-order valence-corrected chi connectivity index (χ3v) is 3.70. The molecule has 1 amide bonds. The molecule has 1 saturated heterocycles. The predicted molar refractivity (Wildman–Crippen MR) is 78.6 cm³/mol. The molecule has 8 heteroatoms. The van der Waals surface area contributed by atoms with Gasteiger partial charge in [0, 0.05) is 45.2 Å². The maximum absolute atomic E-state index is 12.6. The van der Waals surface area contributed by atoms with E-state index in [1.807, 2.05) is 0 Å². The highest BCUT2D eigenvalue weighted by atomic mass is 16.3. The van der Waals surface area contributed by atoms with Crippen molar-refractivity contribution >= 4 is 11.6 Å². The van der Waals surface area contributed by atoms with E-state index in [0.717, 1.165) is 5.56 Å². The first-order chi connectivity index (χ1) is 10.7. The summed E-state index contributed by atoms with van der Waals surface area (Å²) in [6, 6.07) is 0. The number of nitrogens with zero attached hydrogens (tertiary/aromatic N) is 4. The second-order valence-electron chi connectivity index (χ2n) is 5.37. The highest BCUT2D eigenvalue weighted by molar-refractivity contribution is 5.99. The van der Waals surface area contributed by atoms with Gasteiger partial charge in [-0.15, -0.1) is 0 Å². The van der Waals surface area contributed by atoms with E-state index in [1.165, 1.54) is 6.20 Å². The third-order valence-electron chi connectivity index (χ3n) is 3.70. The molecule has 0 saturated carbocycles. The molecule has 0 spiro atoms. The zero-order valence-corrected chi connectivity index (χ0v) is 12.1. The zero-order chi connectivity index (χ0) is 15.5. The summed E-state index contributed by atoms with van der Waals surface area (Å²) < 4.78 is 1.55. The molecule has 3 rings (SSSR count). The van der Waals surface area contributed by atoms with Gasteiger partial charge in [0.05, 0.1) is 12.3 Å². The van der Waals surface area contributed by atoms with Crippen molar-refractivity contribution < 1.29 is 15.0 Å². The summed E-state index contributed by atoms with van der Waals surface area (Å²) >= 11 is 0. The average Bonchev–Trinajstić information content (AvgIpc) is 2.80. The number of aromatic nitrogens is 3. The lowest BCUT2D eigenvalue weighted by atomic mass is 10.2. The Balaban J connectivity index is 1.87. The summed E-state index contributed by atoms with van der Waals surface area (Å²) in [5, 5.41) is 26.0. The molecular formula is C14H19N5O3. The number of carbonyl (C=O) groups excluding carboxylic acids is 1. The molecule has 1 aliphatic heterocycles. The molecule has 1 aliphatic rings. The van der Waals surface area contributed by atoms with Crippen molar-refractivity contribution in [3.63, 3.8) is 0 Å². The maximum Gasteiger partial charge on any atom is 0.259 e. The van der Waals surface area contributed by atoms with Gasteiger partial charge in [-0.05, 0) is 12.0 Å². The molecule has 0 aliphatic carbocycles. The first-order valence-corrected chi connectivity index (χ1v) is 7.30. The molecule has 0 aromatic carbocycles. The van der Waals surface area contributed by atoms with Crippen molar-refractivity contribution in [2.75, 3.05) is 32.8 Å². The van der Waals surface area contributed by atoms with E-state index < -0.39 is 6.10 Å². The molecule has 0 radical (unpaired) electrons. The van der Waals surface area contributed by atoms with E-state index >= 15 is 0 Å². The molecule has 1 atom stereocenters. The average molecular weight is 305 g/mol. The fraction of sp³-hybridized carbons (Fsp3) is 0.500. The Morgan fingerprint density at radius 1 is 1.45 bits per heavy atom. The van der Waals surface area contributed by atoms with Crippen LogP contribution in [0, 0.1) is 0 Å². The van der Waals surface area contributed by atoms with Crippen LogP contribution in [0.15, 0.2) is 18.6 Å². The lowest BCUT2D eigenvalue weighted by Crippen LogP contribution is -2.37. The lowest BCUT2D eigenvalue weighted by molar-refractivity contribution is 0.0674. The van der Waals surface area contributed by atoms with Gasteiger partial charge in [-0.25, -0.2) is 9.50 Å². The molecule has 0 unspecified atom stereocenters. The highest BCUT2D eigenvalue weighted by Crippen LogP contribution is 2.13. The Hall–Kier alpha value is -2.03. The maximum atomic E-state index is 12.6. The van der Waals surface area contributed by atoms with Crippen LogP contribution in [-0.4, -0.2) is 74.5 Å². The van der Waals surface area contributed by atoms with Gasteiger partial charge in [-0.1, -0.05) is 0 Å². The van der Waals surface area contributed by atoms with E-state index in [0.29, 0.717) is 43.8 Å². The first kappa shape index (κ1) is 14.9. The normalized spacial score (nSPS) is 19.4. The Morgan fingerprint density at radius 3 is 3.14 bits per heavy atom. The lowest BCUT2D eigenvalue weighted by Gasteiger charge is -2.21. The zero-order valence-electron chi connectivity index (χ0n) is 12.1. The summed E-state index contributed by atoms with van der Waals surface area (Å²) in [4.78, 5) is 18.5. The molecule has 22 heavy (non-hydrogen) atoms. The molecule has 2 aromatic heterocycles. The number of amides is 1. The largest absolute Gasteiger partial charge is 0.396 e. The van der Waals surface area contributed by atoms with Gasteiger partial charge in [-0.2, -0.15) is 5.10 Å². The minimum Gasteiger partial charge on any atom is -0.396 e. The number of carbonyl (C=O) groups is 1. The van der Waals surface area contributed by atoms with Gasteiger partial charge in [0.2, 0.25) is 0 Å². The van der Waals surface area contributed by atoms with Gasteiger partial charge >= 0.3 is 0 Å². The SMILES string of the molecule is O=C(c1cnn2cc(CCO)cnc12)N1CCNC[C@@H](O)C1. The van der Waals surface area contributed by atoms with Crippen molar-refractivity contribution in [2.45, 2.75) is 12.5 Å². The first-order valence-electron chi connectivity index (χ1n) is 7.30. The number of hydrogen-bond donors (Lipinski definition) is 3. The number of β-amino-alcohol motifs (C(OH)–C–C–N with tert-alkyl or cyclic N) is 1. The third kappa shape index (κ3) is 2.94. The van der Waals surface area contributed by atoms with Crippen molar-refractivity contribution in [1.82, 2.24) is 24.8 Å². The minimum absolute atomic E-state index is 0.0406. The van der Waals surface area contributed by atoms with Crippen LogP contribution in [0.1, 0.15) is 15.9 Å². The predicted octanol–water partition coefficient (Wildman–Crippen LogP) is -1.33. The van der Waals surface area contributed by atoms with Crippen LogP contribution < -0.4 is 5.32 Å². The molecule has 2 aromatic rings. The fourth-order valence-corrected chi connectivity index (χ4v) is 2.57. The monoisotopic (exact) mass is 305 g/mol. The number of fused-ring (bicyclic) bond motifs is 1. The van der Waals surface area contributed by atoms with E-state index in [-0.39, 0.29) is 12.5 Å². The summed E-state index contributed by atoms with van der Waals surface area (Å²) in [5.41, 5.74) is 1.76. The summed E-state index contributed by atoms with van der Waals surface area (Å²) in [6.07, 6.45) is 4.82. The molecule has 3 heterocycles. The Labute approximate surface area is 127 Å². The Bertz CT molecular complexity index is 672. The second-order valence-corrected chi connectivity index (χ2v) is 5.37. The van der Waals surface area contributed by atoms with Crippen LogP contribution in [-0.2, 0) is 6.42 Å². The van der Waals surface area contributed by atoms with Crippen LogP contribution in [0.3, 0.4) is 0 Å². The molecular weight excluding hydrogens is 286 g/mol. The topological polar surface area (TPSA) is 103 Å². The highest BCUT2D eigenvalue weighted by Gasteiger charge is 2.24. The fourth-order valence-electron chi connectivity index (χ4n) is 2.57. The number of rotatable bonds is 3. The number of aliphatic hydroxyl groups excluding tert-OH is 2. The molecule has 1 fully saturated rings. The number of hydrogen-bond acceptors (Lipinski definition) is 6. The van der Waals surface area contributed by atoms with Crippen molar-refractivity contribution in [1.29, 1.82) is 0 Å². The van der Waals surface area contributed by atoms with Gasteiger partial charge in [0.1, 0.15) is 5.56 Å².